The van der Waals surface area contributed by atoms with Crippen LogP contribution in [0.2, 0.25) is 0 Å². The predicted molar refractivity (Wildman–Crippen MR) is 125 cm³/mol. The van der Waals surface area contributed by atoms with E-state index in [1.165, 1.54) is 6.42 Å². The van der Waals surface area contributed by atoms with E-state index in [4.69, 9.17) is 4.74 Å². The number of amides is 3. The van der Waals surface area contributed by atoms with Gasteiger partial charge in [-0.2, -0.15) is 0 Å². The smallest absolute Gasteiger partial charge is 0.318 e. The summed E-state index contributed by atoms with van der Waals surface area (Å²) < 4.78 is 5.43. The number of esters is 1. The van der Waals surface area contributed by atoms with E-state index >= 15 is 0 Å². The molecule has 1 saturated heterocycles. The lowest BCUT2D eigenvalue weighted by atomic mass is 9.85. The van der Waals surface area contributed by atoms with Crippen LogP contribution in [0.3, 0.4) is 0 Å². The minimum atomic E-state index is -0.730. The molecule has 0 aromatic heterocycles. The van der Waals surface area contributed by atoms with Crippen LogP contribution >= 0.6 is 0 Å². The number of carbonyl (C=O) groups is 3. The Morgan fingerprint density at radius 2 is 1.73 bits per heavy atom. The highest BCUT2D eigenvalue weighted by molar-refractivity contribution is 5.91. The first kappa shape index (κ1) is 23.6. The van der Waals surface area contributed by atoms with Crippen LogP contribution < -0.4 is 10.6 Å². The van der Waals surface area contributed by atoms with Gasteiger partial charge in [-0.3, -0.25) is 9.59 Å². The van der Waals surface area contributed by atoms with Gasteiger partial charge < -0.3 is 20.3 Å². The molecule has 4 atom stereocenters. The molecule has 2 N–H and O–H groups in total. The molecule has 0 radical (unpaired) electrons. The Balaban J connectivity index is 1.67. The van der Waals surface area contributed by atoms with Crippen LogP contribution in [0.4, 0.5) is 4.79 Å². The van der Waals surface area contributed by atoms with Gasteiger partial charge >= 0.3 is 12.0 Å². The number of carbonyl (C=O) groups excluding carboxylic acids is 3. The van der Waals surface area contributed by atoms with Gasteiger partial charge in [-0.1, -0.05) is 56.5 Å². The van der Waals surface area contributed by atoms with Crippen molar-refractivity contribution in [2.24, 2.45) is 17.8 Å². The predicted octanol–water partition coefficient (Wildman–Crippen LogP) is 3.80. The topological polar surface area (TPSA) is 87.7 Å². The summed E-state index contributed by atoms with van der Waals surface area (Å²) in [5, 5.41) is 6.25. The number of rotatable bonds is 7. The maximum absolute atomic E-state index is 13.7. The van der Waals surface area contributed by atoms with Crippen molar-refractivity contribution >= 4 is 17.9 Å². The number of benzene rings is 1. The molecule has 3 fully saturated rings. The Morgan fingerprint density at radius 1 is 1.03 bits per heavy atom. The Kier molecular flexibility index (Phi) is 7.56. The van der Waals surface area contributed by atoms with Gasteiger partial charge in [0, 0.05) is 18.5 Å². The molecule has 1 aromatic rings. The normalized spacial score (nSPS) is 27.8. The van der Waals surface area contributed by atoms with Crippen LogP contribution in [0, 0.1) is 17.8 Å². The maximum atomic E-state index is 13.7. The third kappa shape index (κ3) is 5.33. The second-order valence-electron chi connectivity index (χ2n) is 9.82. The van der Waals surface area contributed by atoms with Crippen molar-refractivity contribution in [2.75, 3.05) is 13.2 Å². The fourth-order valence-electron chi connectivity index (χ4n) is 5.47. The van der Waals surface area contributed by atoms with Crippen LogP contribution in [0.5, 0.6) is 0 Å². The number of hydrogen-bond acceptors (Lipinski definition) is 4. The van der Waals surface area contributed by atoms with Crippen molar-refractivity contribution in [1.82, 2.24) is 15.5 Å². The third-order valence-corrected chi connectivity index (χ3v) is 7.40. The van der Waals surface area contributed by atoms with Crippen molar-refractivity contribution in [1.29, 1.82) is 0 Å². The summed E-state index contributed by atoms with van der Waals surface area (Å²) in [6.07, 6.45) is 7.54. The standard InChI is InChI=1S/C26H37N3O4/c1-3-33-25(31)21-17(2)22(24(30)27-16-18-14-15-18)29(23(21)19-10-6-4-7-11-19)26(32)28-20-12-8-5-9-13-20/h4,6-7,10-11,17-18,20-23H,3,5,8-9,12-16H2,1-2H3,(H,27,30)(H,28,32). The number of nitrogens with zero attached hydrogens (tertiary/aromatic N) is 1. The minimum absolute atomic E-state index is 0.106. The zero-order chi connectivity index (χ0) is 23.4. The number of nitrogens with one attached hydrogen (secondary N) is 2. The first-order valence-electron chi connectivity index (χ1n) is 12.6. The van der Waals surface area contributed by atoms with E-state index in [9.17, 15) is 14.4 Å². The van der Waals surface area contributed by atoms with Gasteiger partial charge in [-0.15, -0.1) is 0 Å². The summed E-state index contributed by atoms with van der Waals surface area (Å²) in [4.78, 5) is 41.9. The SMILES string of the molecule is CCOC(=O)C1C(C)C(C(=O)NCC2CC2)N(C(=O)NC2CCCCC2)C1c1ccccc1. The number of likely N-dealkylation sites (tertiary alicyclic amines) is 1. The fourth-order valence-corrected chi connectivity index (χ4v) is 5.47. The van der Waals surface area contributed by atoms with Gasteiger partial charge in [0.15, 0.2) is 0 Å². The molecule has 3 aliphatic rings. The largest absolute Gasteiger partial charge is 0.466 e. The van der Waals surface area contributed by atoms with Crippen molar-refractivity contribution in [3.8, 4) is 0 Å². The van der Waals surface area contributed by atoms with Crippen molar-refractivity contribution in [3.63, 3.8) is 0 Å². The monoisotopic (exact) mass is 455 g/mol. The van der Waals surface area contributed by atoms with Crippen molar-refractivity contribution in [3.05, 3.63) is 35.9 Å². The minimum Gasteiger partial charge on any atom is -0.466 e. The van der Waals surface area contributed by atoms with Crippen LogP contribution in [0.25, 0.3) is 0 Å². The quantitative estimate of drug-likeness (QED) is 0.612. The molecule has 1 aromatic carbocycles. The molecule has 1 heterocycles. The lowest BCUT2D eigenvalue weighted by molar-refractivity contribution is -0.150. The van der Waals surface area contributed by atoms with Crippen LogP contribution in [-0.4, -0.2) is 48.0 Å². The number of urea groups is 1. The Labute approximate surface area is 196 Å². The highest BCUT2D eigenvalue weighted by atomic mass is 16.5. The lowest BCUT2D eigenvalue weighted by Gasteiger charge is -2.34. The van der Waals surface area contributed by atoms with Gasteiger partial charge in [-0.05, 0) is 44.1 Å². The summed E-state index contributed by atoms with van der Waals surface area (Å²) in [6, 6.07) is 8.13. The van der Waals surface area contributed by atoms with E-state index in [0.717, 1.165) is 44.1 Å². The first-order valence-corrected chi connectivity index (χ1v) is 12.6. The van der Waals surface area contributed by atoms with E-state index in [1.807, 2.05) is 37.3 Å². The zero-order valence-electron chi connectivity index (χ0n) is 19.8. The first-order chi connectivity index (χ1) is 16.0. The molecule has 4 rings (SSSR count). The molecule has 3 amide bonds. The number of ether oxygens (including phenoxy) is 1. The molecule has 180 valence electrons. The molecule has 2 aliphatic carbocycles. The molecule has 4 unspecified atom stereocenters. The molecule has 0 bridgehead atoms. The van der Waals surface area contributed by atoms with Crippen LogP contribution in [0.1, 0.15) is 70.4 Å². The number of hydrogen-bond donors (Lipinski definition) is 2. The van der Waals surface area contributed by atoms with E-state index in [0.29, 0.717) is 12.5 Å². The summed E-state index contributed by atoms with van der Waals surface area (Å²) in [5.74, 6) is -0.986. The molecule has 7 heteroatoms. The zero-order valence-corrected chi connectivity index (χ0v) is 19.8. The van der Waals surface area contributed by atoms with E-state index < -0.39 is 18.0 Å². The second-order valence-corrected chi connectivity index (χ2v) is 9.82. The molecule has 2 saturated carbocycles. The van der Waals surface area contributed by atoms with E-state index in [2.05, 4.69) is 10.6 Å². The summed E-state index contributed by atoms with van der Waals surface area (Å²) >= 11 is 0. The summed E-state index contributed by atoms with van der Waals surface area (Å²) in [5.41, 5.74) is 0.846. The maximum Gasteiger partial charge on any atom is 0.318 e. The third-order valence-electron chi connectivity index (χ3n) is 7.40. The second kappa shape index (κ2) is 10.6. The highest BCUT2D eigenvalue weighted by Gasteiger charge is 2.56. The van der Waals surface area contributed by atoms with Crippen molar-refractivity contribution < 1.29 is 19.1 Å². The van der Waals surface area contributed by atoms with E-state index in [-0.39, 0.29) is 36.5 Å². The van der Waals surface area contributed by atoms with Gasteiger partial charge in [-0.25, -0.2) is 4.79 Å². The highest BCUT2D eigenvalue weighted by Crippen LogP contribution is 2.46. The summed E-state index contributed by atoms with van der Waals surface area (Å²) in [6.45, 7) is 4.56. The van der Waals surface area contributed by atoms with Crippen LogP contribution in [0.15, 0.2) is 30.3 Å². The Morgan fingerprint density at radius 3 is 2.36 bits per heavy atom. The van der Waals surface area contributed by atoms with Crippen LogP contribution in [-0.2, 0) is 14.3 Å². The van der Waals surface area contributed by atoms with Gasteiger partial charge in [0.25, 0.3) is 0 Å². The molecule has 1 aliphatic heterocycles. The molecular formula is C26H37N3O4. The summed E-state index contributed by atoms with van der Waals surface area (Å²) in [7, 11) is 0. The van der Waals surface area contributed by atoms with Crippen molar-refractivity contribution in [2.45, 2.75) is 76.9 Å². The average molecular weight is 456 g/mol. The Bertz CT molecular complexity index is 835. The van der Waals surface area contributed by atoms with E-state index in [1.54, 1.807) is 11.8 Å². The lowest BCUT2D eigenvalue weighted by Crippen LogP contribution is -2.54. The Hall–Kier alpha value is -2.57. The molecular weight excluding hydrogens is 418 g/mol. The van der Waals surface area contributed by atoms with Gasteiger partial charge in [0.2, 0.25) is 5.91 Å². The van der Waals surface area contributed by atoms with Gasteiger partial charge in [0.1, 0.15) is 6.04 Å². The molecule has 7 nitrogen and oxygen atoms in total. The van der Waals surface area contributed by atoms with Gasteiger partial charge in [0.05, 0.1) is 18.6 Å². The fraction of sp³-hybridized carbons (Fsp3) is 0.654. The molecule has 33 heavy (non-hydrogen) atoms. The average Bonchev–Trinajstić information content (AvgIpc) is 3.60. The molecule has 0 spiro atoms.